The Bertz CT molecular complexity index is 1990. The van der Waals surface area contributed by atoms with E-state index in [4.69, 9.17) is 14.2 Å². The van der Waals surface area contributed by atoms with Crippen LogP contribution >= 0.6 is 11.8 Å². The third-order valence-corrected chi connectivity index (χ3v) is 11.3. The van der Waals surface area contributed by atoms with Gasteiger partial charge in [-0.25, -0.2) is 32.8 Å². The van der Waals surface area contributed by atoms with Gasteiger partial charge >= 0.3 is 6.03 Å². The number of carbonyl (C=O) groups is 2. The van der Waals surface area contributed by atoms with Crippen molar-refractivity contribution in [2.24, 2.45) is 0 Å². The van der Waals surface area contributed by atoms with Crippen molar-refractivity contribution < 1.29 is 41.4 Å². The third kappa shape index (κ3) is 8.86. The summed E-state index contributed by atoms with van der Waals surface area (Å²) in [5, 5.41) is 2.24. The van der Waals surface area contributed by atoms with Crippen molar-refractivity contribution in [2.45, 2.75) is 49.9 Å². The molecule has 0 aliphatic carbocycles. The van der Waals surface area contributed by atoms with Crippen LogP contribution < -0.4 is 25.0 Å². The average Bonchev–Trinajstić information content (AvgIpc) is 3.53. The van der Waals surface area contributed by atoms with Crippen LogP contribution in [0.3, 0.4) is 0 Å². The molecule has 16 heteroatoms. The van der Waals surface area contributed by atoms with Crippen LogP contribution in [-0.4, -0.2) is 90.0 Å². The summed E-state index contributed by atoms with van der Waals surface area (Å²) in [4.78, 5) is 34.8. The van der Waals surface area contributed by atoms with Crippen LogP contribution in [0.2, 0.25) is 0 Å². The van der Waals surface area contributed by atoms with Crippen molar-refractivity contribution in [1.29, 1.82) is 0 Å². The van der Waals surface area contributed by atoms with Gasteiger partial charge in [0.1, 0.15) is 22.8 Å². The van der Waals surface area contributed by atoms with Crippen molar-refractivity contribution in [3.8, 4) is 23.0 Å². The number of methoxy groups -OCH3 is 1. The fourth-order valence-corrected chi connectivity index (χ4v) is 8.52. The molecule has 3 aliphatic heterocycles. The van der Waals surface area contributed by atoms with Crippen LogP contribution in [0.25, 0.3) is 10.9 Å². The summed E-state index contributed by atoms with van der Waals surface area (Å²) in [5.74, 6) is -4.61. The van der Waals surface area contributed by atoms with E-state index >= 15 is 8.78 Å². The van der Waals surface area contributed by atoms with Gasteiger partial charge in [0.25, 0.3) is 5.91 Å². The van der Waals surface area contributed by atoms with Crippen molar-refractivity contribution in [1.82, 2.24) is 25.2 Å². The normalized spacial score (nSPS) is 18.5. The van der Waals surface area contributed by atoms with E-state index in [9.17, 15) is 18.4 Å². The lowest BCUT2D eigenvalue weighted by Crippen LogP contribution is -2.46. The molecule has 0 radical (unpaired) electrons. The van der Waals surface area contributed by atoms with Gasteiger partial charge in [-0.1, -0.05) is 12.5 Å². The van der Waals surface area contributed by atoms with Crippen molar-refractivity contribution in [3.63, 3.8) is 0 Å². The average molecular weight is 783 g/mol. The maximum absolute atomic E-state index is 15.4. The predicted molar refractivity (Wildman–Crippen MR) is 200 cm³/mol. The molecule has 1 unspecified atom stereocenters. The van der Waals surface area contributed by atoms with Gasteiger partial charge in [0.2, 0.25) is 0 Å². The highest BCUT2D eigenvalue weighted by Gasteiger charge is 2.38. The van der Waals surface area contributed by atoms with Crippen molar-refractivity contribution in [2.75, 3.05) is 57.5 Å². The molecule has 3 amide bonds. The maximum atomic E-state index is 15.4. The summed E-state index contributed by atoms with van der Waals surface area (Å²) in [6.07, 6.45) is 8.65. The number of benzene rings is 3. The summed E-state index contributed by atoms with van der Waals surface area (Å²) in [6.45, 7) is 6.04. The molecule has 3 aliphatic rings. The Labute approximate surface area is 320 Å². The zero-order valence-electron chi connectivity index (χ0n) is 30.3. The molecule has 3 saturated heterocycles. The quantitative estimate of drug-likeness (QED) is 0.111. The lowest BCUT2D eigenvalue weighted by atomic mass is 10.00. The minimum atomic E-state index is -1.19. The van der Waals surface area contributed by atoms with Gasteiger partial charge in [-0.2, -0.15) is 0 Å². The second-order valence-corrected chi connectivity index (χ2v) is 14.8. The van der Waals surface area contributed by atoms with Crippen LogP contribution in [0.4, 0.5) is 28.0 Å². The first-order valence-corrected chi connectivity index (χ1v) is 19.4. The highest BCUT2D eigenvalue weighted by atomic mass is 32.2. The zero-order valence-corrected chi connectivity index (χ0v) is 31.1. The van der Waals surface area contributed by atoms with Gasteiger partial charge in [-0.05, 0) is 82.5 Å². The van der Waals surface area contributed by atoms with Crippen LogP contribution in [0.15, 0.2) is 54.7 Å². The second kappa shape index (κ2) is 17.3. The van der Waals surface area contributed by atoms with E-state index < -0.39 is 51.9 Å². The molecule has 4 heterocycles. The topological polar surface area (TPSA) is 108 Å². The molecule has 0 spiro atoms. The molecule has 3 fully saturated rings. The van der Waals surface area contributed by atoms with E-state index in [1.807, 2.05) is 0 Å². The smallest absolute Gasteiger partial charge is 0.338 e. The number of piperidine rings is 2. The second-order valence-electron chi connectivity index (χ2n) is 13.7. The first-order valence-electron chi connectivity index (χ1n) is 18.4. The number of ether oxygens (including phenoxy) is 3. The molecule has 0 saturated carbocycles. The molecule has 0 bridgehead atoms. The standard InChI is InChI=1S/C39H42F4N6O5S/c1-52-33-21-26-31(22-34(33)53-18-6-13-47-16-10-25(11-17-47)48-14-3-2-4-15-48)44-12-9-32(26)54-37-29(42)19-24(20-30(37)43)45-39(51)46-49-35(50)23-55-38(49)36-27(40)7-5-8-28(36)41/h5,7-9,12,19-22,25,38H,2-4,6,10-11,13-18,23H2,1H3,(H2,45,46,51). The summed E-state index contributed by atoms with van der Waals surface area (Å²) in [5.41, 5.74) is 1.96. The number of carbonyl (C=O) groups excluding carboxylic acids is 2. The van der Waals surface area contributed by atoms with Gasteiger partial charge in [-0.15, -0.1) is 11.8 Å². The molecule has 1 atom stereocenters. The first-order chi connectivity index (χ1) is 26.7. The Morgan fingerprint density at radius 1 is 0.909 bits per heavy atom. The lowest BCUT2D eigenvalue weighted by molar-refractivity contribution is -0.130. The van der Waals surface area contributed by atoms with Gasteiger partial charge in [0, 0.05) is 48.1 Å². The molecule has 1 aromatic heterocycles. The minimum absolute atomic E-state index is 0.0931. The van der Waals surface area contributed by atoms with E-state index in [0.29, 0.717) is 35.1 Å². The largest absolute Gasteiger partial charge is 0.493 e. The van der Waals surface area contributed by atoms with Crippen LogP contribution in [0.1, 0.15) is 49.5 Å². The number of likely N-dealkylation sites (tertiary alicyclic amines) is 2. The number of fused-ring (bicyclic) bond motifs is 1. The number of nitrogens with zero attached hydrogens (tertiary/aromatic N) is 4. The van der Waals surface area contributed by atoms with Crippen LogP contribution in [0.5, 0.6) is 23.0 Å². The molecule has 55 heavy (non-hydrogen) atoms. The number of anilines is 1. The SMILES string of the molecule is COc1cc2c(Oc3c(F)cc(NC(=O)NN4C(=O)CSC4c4c(F)cccc4F)cc3F)ccnc2cc1OCCCN1CCC(N2CCCCC2)CC1. The number of rotatable bonds is 12. The highest BCUT2D eigenvalue weighted by molar-refractivity contribution is 8.00. The molecule has 3 aromatic carbocycles. The number of amides is 3. The highest BCUT2D eigenvalue weighted by Crippen LogP contribution is 2.41. The summed E-state index contributed by atoms with van der Waals surface area (Å²) < 4.78 is 77.0. The molecule has 7 rings (SSSR count). The summed E-state index contributed by atoms with van der Waals surface area (Å²) in [6, 6.07) is 9.33. The molecule has 11 nitrogen and oxygen atoms in total. The third-order valence-electron chi connectivity index (χ3n) is 10.1. The van der Waals surface area contributed by atoms with Crippen molar-refractivity contribution in [3.05, 3.63) is 83.6 Å². The number of hydrogen-bond donors (Lipinski definition) is 2. The van der Waals surface area contributed by atoms with E-state index in [1.54, 1.807) is 12.1 Å². The number of hydrazine groups is 1. The van der Waals surface area contributed by atoms with E-state index in [2.05, 4.69) is 25.5 Å². The fourth-order valence-electron chi connectivity index (χ4n) is 7.36. The van der Waals surface area contributed by atoms with Gasteiger partial charge in [0.05, 0.1) is 30.5 Å². The number of aromatic nitrogens is 1. The van der Waals surface area contributed by atoms with Gasteiger partial charge in [0.15, 0.2) is 28.9 Å². The number of nitrogens with one attached hydrogen (secondary N) is 2. The summed E-state index contributed by atoms with van der Waals surface area (Å²) in [7, 11) is 1.50. The minimum Gasteiger partial charge on any atom is -0.493 e. The molecule has 2 N–H and O–H groups in total. The van der Waals surface area contributed by atoms with Crippen LogP contribution in [0, 0.1) is 23.3 Å². The van der Waals surface area contributed by atoms with Gasteiger partial charge in [-0.3, -0.25) is 9.78 Å². The fraction of sp³-hybridized carbons (Fsp3) is 0.410. The van der Waals surface area contributed by atoms with Crippen LogP contribution in [-0.2, 0) is 4.79 Å². The molecular formula is C39H42F4N6O5S. The number of pyridine rings is 1. The Balaban J connectivity index is 0.962. The number of urea groups is 1. The molecular weight excluding hydrogens is 741 g/mol. The van der Waals surface area contributed by atoms with E-state index in [-0.39, 0.29) is 17.2 Å². The Hall–Kier alpha value is -4.80. The van der Waals surface area contributed by atoms with Crippen molar-refractivity contribution >= 4 is 40.3 Å². The van der Waals surface area contributed by atoms with E-state index in [1.165, 1.54) is 70.6 Å². The Kier molecular flexibility index (Phi) is 12.1. The maximum Gasteiger partial charge on any atom is 0.338 e. The number of halogens is 4. The number of hydrogen-bond acceptors (Lipinski definition) is 9. The zero-order chi connectivity index (χ0) is 38.5. The number of thioether (sulfide) groups is 1. The van der Waals surface area contributed by atoms with E-state index in [0.717, 1.165) is 67.1 Å². The molecule has 292 valence electrons. The lowest BCUT2D eigenvalue weighted by Gasteiger charge is -2.40. The Morgan fingerprint density at radius 2 is 1.64 bits per heavy atom. The Morgan fingerprint density at radius 3 is 2.35 bits per heavy atom. The molecule has 4 aromatic rings. The first kappa shape index (κ1) is 38.5. The van der Waals surface area contributed by atoms with Gasteiger partial charge < -0.3 is 29.3 Å². The monoisotopic (exact) mass is 782 g/mol. The predicted octanol–water partition coefficient (Wildman–Crippen LogP) is 7.62. The summed E-state index contributed by atoms with van der Waals surface area (Å²) >= 11 is 0.908.